The number of nitrogens with zero attached hydrogens (tertiary/aromatic N) is 2. The topological polar surface area (TPSA) is 48.9 Å². The van der Waals surface area contributed by atoms with Crippen molar-refractivity contribution < 1.29 is 4.74 Å². The average Bonchev–Trinajstić information content (AvgIpc) is 3.21. The second-order valence-electron chi connectivity index (χ2n) is 6.47. The normalized spacial score (nSPS) is 15.8. The van der Waals surface area contributed by atoms with E-state index in [1.54, 1.807) is 0 Å². The third-order valence-electron chi connectivity index (χ3n) is 4.62. The highest BCUT2D eigenvalue weighted by atomic mass is 32.1. The summed E-state index contributed by atoms with van der Waals surface area (Å²) in [6.45, 7) is 5.58. The molecule has 5 nitrogen and oxygen atoms in total. The molecule has 1 saturated heterocycles. The Hall–Kier alpha value is -2.21. The van der Waals surface area contributed by atoms with Crippen LogP contribution in [-0.4, -0.2) is 45.3 Å². The Morgan fingerprint density at radius 3 is 2.73 bits per heavy atom. The van der Waals surface area contributed by atoms with E-state index >= 15 is 0 Å². The number of guanidine groups is 1. The van der Waals surface area contributed by atoms with Crippen LogP contribution in [0.4, 0.5) is 5.00 Å². The molecule has 2 aromatic rings. The predicted molar refractivity (Wildman–Crippen MR) is 111 cm³/mol. The van der Waals surface area contributed by atoms with Crippen LogP contribution in [-0.2, 0) is 0 Å². The number of aryl methyl sites for hydroxylation is 1. The SMILES string of the molecule is CN=C(NCCOc1ccccc1C)NC1CCN(c2cccs2)CC1. The minimum atomic E-state index is 0.467. The highest BCUT2D eigenvalue weighted by Gasteiger charge is 2.20. The maximum atomic E-state index is 5.83. The van der Waals surface area contributed by atoms with Gasteiger partial charge in [-0.05, 0) is 48.9 Å². The summed E-state index contributed by atoms with van der Waals surface area (Å²) in [5, 5.41) is 10.4. The quantitative estimate of drug-likeness (QED) is 0.464. The maximum absolute atomic E-state index is 5.83. The lowest BCUT2D eigenvalue weighted by molar-refractivity contribution is 0.319. The molecule has 0 radical (unpaired) electrons. The molecule has 0 bridgehead atoms. The molecule has 0 saturated carbocycles. The Bertz CT molecular complexity index is 694. The Morgan fingerprint density at radius 1 is 1.23 bits per heavy atom. The first-order chi connectivity index (χ1) is 12.8. The highest BCUT2D eigenvalue weighted by molar-refractivity contribution is 7.14. The van der Waals surface area contributed by atoms with Gasteiger partial charge in [0.25, 0.3) is 0 Å². The second kappa shape index (κ2) is 9.48. The zero-order valence-electron chi connectivity index (χ0n) is 15.6. The zero-order valence-corrected chi connectivity index (χ0v) is 16.4. The lowest BCUT2D eigenvalue weighted by Crippen LogP contribution is -2.49. The molecule has 0 amide bonds. The number of thiophene rings is 1. The van der Waals surface area contributed by atoms with Crippen molar-refractivity contribution in [3.05, 3.63) is 47.3 Å². The fraction of sp³-hybridized carbons (Fsp3) is 0.450. The molecule has 26 heavy (non-hydrogen) atoms. The number of piperidine rings is 1. The molecular formula is C20H28N4OS. The minimum absolute atomic E-state index is 0.467. The number of hydrogen-bond donors (Lipinski definition) is 2. The molecule has 0 spiro atoms. The molecule has 0 atom stereocenters. The molecule has 1 aromatic carbocycles. The van der Waals surface area contributed by atoms with Gasteiger partial charge in [-0.15, -0.1) is 11.3 Å². The Kier molecular flexibility index (Phi) is 6.77. The molecule has 140 valence electrons. The Morgan fingerprint density at radius 2 is 2.04 bits per heavy atom. The number of hydrogen-bond acceptors (Lipinski definition) is 4. The number of para-hydroxylation sites is 1. The van der Waals surface area contributed by atoms with Crippen LogP contribution >= 0.6 is 11.3 Å². The maximum Gasteiger partial charge on any atom is 0.191 e. The molecule has 1 fully saturated rings. The van der Waals surface area contributed by atoms with E-state index in [2.05, 4.69) is 51.0 Å². The van der Waals surface area contributed by atoms with Crippen LogP contribution in [0.25, 0.3) is 0 Å². The number of benzene rings is 1. The van der Waals surface area contributed by atoms with Gasteiger partial charge in [-0.1, -0.05) is 18.2 Å². The van der Waals surface area contributed by atoms with Gasteiger partial charge in [0.2, 0.25) is 0 Å². The minimum Gasteiger partial charge on any atom is -0.491 e. The zero-order chi connectivity index (χ0) is 18.2. The van der Waals surface area contributed by atoms with E-state index in [9.17, 15) is 0 Å². The number of anilines is 1. The number of aliphatic imine (C=N–C) groups is 1. The van der Waals surface area contributed by atoms with Crippen LogP contribution in [0, 0.1) is 6.92 Å². The van der Waals surface area contributed by atoms with Crippen molar-refractivity contribution in [1.82, 2.24) is 10.6 Å². The monoisotopic (exact) mass is 372 g/mol. The van der Waals surface area contributed by atoms with Gasteiger partial charge >= 0.3 is 0 Å². The summed E-state index contributed by atoms with van der Waals surface area (Å²) >= 11 is 1.82. The fourth-order valence-electron chi connectivity index (χ4n) is 3.13. The van der Waals surface area contributed by atoms with Crippen molar-refractivity contribution in [3.63, 3.8) is 0 Å². The van der Waals surface area contributed by atoms with Gasteiger partial charge in [0.1, 0.15) is 12.4 Å². The summed E-state index contributed by atoms with van der Waals surface area (Å²) in [6.07, 6.45) is 2.25. The molecule has 6 heteroatoms. The van der Waals surface area contributed by atoms with Crippen molar-refractivity contribution >= 4 is 22.3 Å². The molecular weight excluding hydrogens is 344 g/mol. The average molecular weight is 373 g/mol. The van der Waals surface area contributed by atoms with Gasteiger partial charge in [0.15, 0.2) is 5.96 Å². The lowest BCUT2D eigenvalue weighted by Gasteiger charge is -2.33. The predicted octanol–water partition coefficient (Wildman–Crippen LogP) is 3.27. The lowest BCUT2D eigenvalue weighted by atomic mass is 10.1. The van der Waals surface area contributed by atoms with E-state index < -0.39 is 0 Å². The Balaban J connectivity index is 1.37. The van der Waals surface area contributed by atoms with Gasteiger partial charge < -0.3 is 20.3 Å². The smallest absolute Gasteiger partial charge is 0.191 e. The second-order valence-corrected chi connectivity index (χ2v) is 7.40. The van der Waals surface area contributed by atoms with Gasteiger partial charge in [0.05, 0.1) is 11.5 Å². The largest absolute Gasteiger partial charge is 0.491 e. The van der Waals surface area contributed by atoms with Crippen molar-refractivity contribution in [3.8, 4) is 5.75 Å². The first-order valence-corrected chi connectivity index (χ1v) is 10.1. The molecule has 3 rings (SSSR count). The van der Waals surface area contributed by atoms with Crippen LogP contribution in [0.15, 0.2) is 46.8 Å². The van der Waals surface area contributed by atoms with E-state index in [1.807, 2.05) is 36.6 Å². The van der Waals surface area contributed by atoms with Crippen molar-refractivity contribution in [2.45, 2.75) is 25.8 Å². The van der Waals surface area contributed by atoms with Crippen LogP contribution in [0.1, 0.15) is 18.4 Å². The summed E-state index contributed by atoms with van der Waals surface area (Å²) in [4.78, 5) is 6.81. The number of ether oxygens (including phenoxy) is 1. The van der Waals surface area contributed by atoms with Crippen LogP contribution in [0.3, 0.4) is 0 Å². The molecule has 1 aliphatic rings. The van der Waals surface area contributed by atoms with Crippen molar-refractivity contribution in [2.24, 2.45) is 4.99 Å². The Labute approximate surface area is 160 Å². The summed E-state index contributed by atoms with van der Waals surface area (Å²) in [5.41, 5.74) is 1.16. The third-order valence-corrected chi connectivity index (χ3v) is 5.55. The molecule has 1 aliphatic heterocycles. The number of rotatable bonds is 6. The van der Waals surface area contributed by atoms with Gasteiger partial charge in [-0.25, -0.2) is 0 Å². The van der Waals surface area contributed by atoms with Gasteiger partial charge in [0, 0.05) is 26.2 Å². The van der Waals surface area contributed by atoms with E-state index in [4.69, 9.17) is 4.74 Å². The fourth-order valence-corrected chi connectivity index (χ4v) is 3.92. The van der Waals surface area contributed by atoms with Crippen LogP contribution in [0.2, 0.25) is 0 Å². The molecule has 0 unspecified atom stereocenters. The molecule has 0 aliphatic carbocycles. The van der Waals surface area contributed by atoms with Crippen LogP contribution in [0.5, 0.6) is 5.75 Å². The highest BCUT2D eigenvalue weighted by Crippen LogP contribution is 2.24. The standard InChI is InChI=1S/C20H28N4OS/c1-16-6-3-4-7-18(16)25-14-11-22-20(21-2)23-17-9-12-24(13-10-17)19-8-5-15-26-19/h3-8,15,17H,9-14H2,1-2H3,(H2,21,22,23). The first-order valence-electron chi connectivity index (χ1n) is 9.20. The summed E-state index contributed by atoms with van der Waals surface area (Å²) in [7, 11) is 1.82. The first kappa shape index (κ1) is 18.6. The van der Waals surface area contributed by atoms with E-state index in [1.165, 1.54) is 5.00 Å². The van der Waals surface area contributed by atoms with Gasteiger partial charge in [-0.3, -0.25) is 4.99 Å². The molecule has 2 heterocycles. The van der Waals surface area contributed by atoms with E-state index in [0.29, 0.717) is 12.6 Å². The number of nitrogens with one attached hydrogen (secondary N) is 2. The third kappa shape index (κ3) is 5.14. The summed E-state index contributed by atoms with van der Waals surface area (Å²) in [6, 6.07) is 12.9. The molecule has 2 N–H and O–H groups in total. The van der Waals surface area contributed by atoms with Gasteiger partial charge in [-0.2, -0.15) is 0 Å². The summed E-state index contributed by atoms with van der Waals surface area (Å²) < 4.78 is 5.83. The van der Waals surface area contributed by atoms with Crippen molar-refractivity contribution in [2.75, 3.05) is 38.2 Å². The summed E-state index contributed by atoms with van der Waals surface area (Å²) in [5.74, 6) is 1.80. The molecule has 1 aromatic heterocycles. The van der Waals surface area contributed by atoms with E-state index in [-0.39, 0.29) is 0 Å². The van der Waals surface area contributed by atoms with E-state index in [0.717, 1.165) is 49.7 Å². The van der Waals surface area contributed by atoms with Crippen molar-refractivity contribution in [1.29, 1.82) is 0 Å². The van der Waals surface area contributed by atoms with Crippen LogP contribution < -0.4 is 20.3 Å².